The van der Waals surface area contributed by atoms with Crippen LogP contribution < -0.4 is 15.1 Å². The third-order valence-corrected chi connectivity index (χ3v) is 4.46. The lowest BCUT2D eigenvalue weighted by atomic mass is 10.2. The number of rotatable bonds is 5. The Morgan fingerprint density at radius 1 is 1.48 bits per heavy atom. The second-order valence-electron chi connectivity index (χ2n) is 5.21. The van der Waals surface area contributed by atoms with Crippen LogP contribution in [-0.2, 0) is 4.74 Å². The lowest BCUT2D eigenvalue weighted by Gasteiger charge is -2.25. The van der Waals surface area contributed by atoms with Gasteiger partial charge in [-0.25, -0.2) is 14.8 Å². The highest BCUT2D eigenvalue weighted by molar-refractivity contribution is 7.13. The molecule has 0 unspecified atom stereocenters. The minimum atomic E-state index is -0.493. The summed E-state index contributed by atoms with van der Waals surface area (Å²) in [5.41, 5.74) is 3.19. The maximum absolute atomic E-state index is 13.6. The zero-order valence-corrected chi connectivity index (χ0v) is 14.4. The van der Waals surface area contributed by atoms with E-state index in [-0.39, 0.29) is 5.75 Å². The number of anilines is 1. The molecule has 1 aromatic carbocycles. The van der Waals surface area contributed by atoms with Crippen molar-refractivity contribution in [3.8, 4) is 5.75 Å². The maximum atomic E-state index is 13.6. The van der Waals surface area contributed by atoms with Crippen molar-refractivity contribution in [2.24, 2.45) is 5.10 Å². The smallest absolute Gasteiger partial charge is 0.290 e. The van der Waals surface area contributed by atoms with Crippen LogP contribution in [0.15, 0.2) is 28.7 Å². The summed E-state index contributed by atoms with van der Waals surface area (Å²) in [4.78, 5) is 18.5. The molecule has 1 amide bonds. The van der Waals surface area contributed by atoms with Gasteiger partial charge in [0.15, 0.2) is 16.7 Å². The van der Waals surface area contributed by atoms with Crippen LogP contribution in [-0.4, -0.2) is 50.5 Å². The molecule has 7 nitrogen and oxygen atoms in total. The number of carbonyl (C=O) groups is 1. The van der Waals surface area contributed by atoms with Crippen molar-refractivity contribution in [2.45, 2.75) is 0 Å². The Balaban J connectivity index is 1.59. The molecule has 0 bridgehead atoms. The highest BCUT2D eigenvalue weighted by Crippen LogP contribution is 2.21. The van der Waals surface area contributed by atoms with Crippen molar-refractivity contribution < 1.29 is 18.7 Å². The van der Waals surface area contributed by atoms with E-state index in [0.717, 1.165) is 18.2 Å². The van der Waals surface area contributed by atoms with E-state index in [4.69, 9.17) is 9.47 Å². The van der Waals surface area contributed by atoms with E-state index in [9.17, 15) is 9.18 Å². The molecule has 2 aromatic rings. The van der Waals surface area contributed by atoms with Crippen LogP contribution in [0.1, 0.15) is 16.1 Å². The molecule has 0 aliphatic carbocycles. The highest BCUT2D eigenvalue weighted by Gasteiger charge is 2.17. The van der Waals surface area contributed by atoms with Crippen molar-refractivity contribution in [3.05, 3.63) is 40.7 Å². The van der Waals surface area contributed by atoms with Gasteiger partial charge in [0.25, 0.3) is 5.91 Å². The molecule has 2 heterocycles. The molecular formula is C16H17FN4O3S. The first-order valence-corrected chi connectivity index (χ1v) is 8.50. The molecular weight excluding hydrogens is 347 g/mol. The monoisotopic (exact) mass is 364 g/mol. The molecule has 25 heavy (non-hydrogen) atoms. The van der Waals surface area contributed by atoms with E-state index in [0.29, 0.717) is 24.5 Å². The number of halogens is 1. The van der Waals surface area contributed by atoms with Gasteiger partial charge in [-0.15, -0.1) is 11.3 Å². The fourth-order valence-electron chi connectivity index (χ4n) is 2.25. The third kappa shape index (κ3) is 4.31. The first kappa shape index (κ1) is 17.3. The Morgan fingerprint density at radius 2 is 2.28 bits per heavy atom. The number of thiazole rings is 1. The number of ether oxygens (including phenoxy) is 2. The SMILES string of the molecule is COc1ccc(/C=N\NC(=O)c2csc(N3CCOCC3)n2)cc1F. The Morgan fingerprint density at radius 3 is 3.00 bits per heavy atom. The fourth-order valence-corrected chi connectivity index (χ4v) is 3.11. The van der Waals surface area contributed by atoms with Crippen LogP contribution in [0.25, 0.3) is 0 Å². The molecule has 1 N–H and O–H groups in total. The van der Waals surface area contributed by atoms with Gasteiger partial charge < -0.3 is 14.4 Å². The Kier molecular flexibility index (Phi) is 5.56. The summed E-state index contributed by atoms with van der Waals surface area (Å²) in [6.07, 6.45) is 1.36. The second-order valence-corrected chi connectivity index (χ2v) is 6.04. The highest BCUT2D eigenvalue weighted by atomic mass is 32.1. The topological polar surface area (TPSA) is 76.0 Å². The number of aromatic nitrogens is 1. The molecule has 3 rings (SSSR count). The van der Waals surface area contributed by atoms with Gasteiger partial charge in [0.1, 0.15) is 5.69 Å². The summed E-state index contributed by atoms with van der Waals surface area (Å²) in [5, 5.41) is 6.31. The van der Waals surface area contributed by atoms with Crippen molar-refractivity contribution in [2.75, 3.05) is 38.3 Å². The van der Waals surface area contributed by atoms with Crippen LogP contribution in [0, 0.1) is 5.82 Å². The Hall–Kier alpha value is -2.52. The molecule has 0 spiro atoms. The lowest BCUT2D eigenvalue weighted by Crippen LogP contribution is -2.36. The van der Waals surface area contributed by atoms with Crippen molar-refractivity contribution in [3.63, 3.8) is 0 Å². The van der Waals surface area contributed by atoms with Gasteiger partial charge in [-0.2, -0.15) is 5.10 Å². The van der Waals surface area contributed by atoms with E-state index in [1.807, 2.05) is 0 Å². The van der Waals surface area contributed by atoms with E-state index in [1.165, 1.54) is 36.8 Å². The summed E-state index contributed by atoms with van der Waals surface area (Å²) < 4.78 is 23.7. The molecule has 1 saturated heterocycles. The zero-order chi connectivity index (χ0) is 17.6. The number of hydrogen-bond donors (Lipinski definition) is 1. The van der Waals surface area contributed by atoms with Gasteiger partial charge >= 0.3 is 0 Å². The molecule has 0 atom stereocenters. The largest absolute Gasteiger partial charge is 0.494 e. The molecule has 1 aliphatic rings. The Labute approximate surface area is 148 Å². The lowest BCUT2D eigenvalue weighted by molar-refractivity contribution is 0.0951. The van der Waals surface area contributed by atoms with Crippen molar-refractivity contribution in [1.82, 2.24) is 10.4 Å². The van der Waals surface area contributed by atoms with E-state index < -0.39 is 11.7 Å². The summed E-state index contributed by atoms with van der Waals surface area (Å²) >= 11 is 1.40. The summed E-state index contributed by atoms with van der Waals surface area (Å²) in [5.74, 6) is -0.757. The van der Waals surface area contributed by atoms with Crippen LogP contribution in [0.3, 0.4) is 0 Å². The number of nitrogens with zero attached hydrogens (tertiary/aromatic N) is 3. The van der Waals surface area contributed by atoms with Gasteiger partial charge in [0, 0.05) is 18.5 Å². The van der Waals surface area contributed by atoms with Crippen LogP contribution in [0.4, 0.5) is 9.52 Å². The fraction of sp³-hybridized carbons (Fsp3) is 0.312. The number of nitrogens with one attached hydrogen (secondary N) is 1. The van der Waals surface area contributed by atoms with Gasteiger partial charge in [-0.1, -0.05) is 0 Å². The average molecular weight is 364 g/mol. The number of hydrogen-bond acceptors (Lipinski definition) is 7. The quantitative estimate of drug-likeness (QED) is 0.648. The van der Waals surface area contributed by atoms with E-state index in [2.05, 4.69) is 20.4 Å². The molecule has 1 aromatic heterocycles. The molecule has 1 fully saturated rings. The predicted octanol–water partition coefficient (Wildman–Crippen LogP) is 1.89. The number of amides is 1. The summed E-state index contributed by atoms with van der Waals surface area (Å²) in [6.45, 7) is 2.83. The minimum Gasteiger partial charge on any atom is -0.494 e. The predicted molar refractivity (Wildman–Crippen MR) is 93.2 cm³/mol. The van der Waals surface area contributed by atoms with Gasteiger partial charge in [0.2, 0.25) is 0 Å². The van der Waals surface area contributed by atoms with Gasteiger partial charge in [-0.05, 0) is 23.8 Å². The first-order valence-electron chi connectivity index (χ1n) is 7.62. The Bertz CT molecular complexity index is 774. The number of methoxy groups -OCH3 is 1. The van der Waals surface area contributed by atoms with Crippen LogP contribution in [0.2, 0.25) is 0 Å². The second kappa shape index (κ2) is 8.04. The normalized spacial score (nSPS) is 14.7. The summed E-state index contributed by atoms with van der Waals surface area (Å²) in [6, 6.07) is 4.40. The standard InChI is InChI=1S/C16H17FN4O3S/c1-23-14-3-2-11(8-12(14)17)9-18-20-15(22)13-10-25-16(19-13)21-4-6-24-7-5-21/h2-3,8-10H,4-7H2,1H3,(H,20,22)/b18-9-. The maximum Gasteiger partial charge on any atom is 0.290 e. The molecule has 132 valence electrons. The molecule has 0 radical (unpaired) electrons. The third-order valence-electron chi connectivity index (χ3n) is 3.56. The number of morpholine rings is 1. The van der Waals surface area contributed by atoms with Gasteiger partial charge in [-0.3, -0.25) is 4.79 Å². The molecule has 9 heteroatoms. The number of benzene rings is 1. The van der Waals surface area contributed by atoms with E-state index in [1.54, 1.807) is 11.4 Å². The van der Waals surface area contributed by atoms with Crippen molar-refractivity contribution in [1.29, 1.82) is 0 Å². The average Bonchev–Trinajstić information content (AvgIpc) is 3.13. The first-order chi connectivity index (χ1) is 12.2. The van der Waals surface area contributed by atoms with E-state index >= 15 is 0 Å². The minimum absolute atomic E-state index is 0.152. The summed E-state index contributed by atoms with van der Waals surface area (Å²) in [7, 11) is 1.39. The zero-order valence-electron chi connectivity index (χ0n) is 13.6. The van der Waals surface area contributed by atoms with Crippen LogP contribution >= 0.6 is 11.3 Å². The van der Waals surface area contributed by atoms with Gasteiger partial charge in [0.05, 0.1) is 26.5 Å². The molecule has 0 saturated carbocycles. The number of hydrazone groups is 1. The van der Waals surface area contributed by atoms with Crippen molar-refractivity contribution >= 4 is 28.6 Å². The number of carbonyl (C=O) groups excluding carboxylic acids is 1. The molecule has 1 aliphatic heterocycles. The van der Waals surface area contributed by atoms with Crippen LogP contribution in [0.5, 0.6) is 5.75 Å².